The molecule has 164 valence electrons. The Labute approximate surface area is 193 Å². The first kappa shape index (κ1) is 21.2. The van der Waals surface area contributed by atoms with Crippen molar-refractivity contribution in [3.63, 3.8) is 0 Å². The van der Waals surface area contributed by atoms with Gasteiger partial charge >= 0.3 is 5.97 Å². The molecule has 5 rings (SSSR count). The molecule has 5 aromatic rings. The topological polar surface area (TPSA) is 99.1 Å². The van der Waals surface area contributed by atoms with E-state index in [4.69, 9.17) is 9.72 Å². The fraction of sp³-hybridized carbons (Fsp3) is 0.0833. The van der Waals surface area contributed by atoms with Gasteiger partial charge in [0, 0.05) is 22.5 Å². The lowest BCUT2D eigenvalue weighted by Crippen LogP contribution is -2.08. The number of pyridine rings is 1. The molecule has 0 amide bonds. The molecule has 33 heavy (non-hydrogen) atoms. The number of aromatic nitrogens is 3. The summed E-state index contributed by atoms with van der Waals surface area (Å²) in [6, 6.07) is 20.3. The summed E-state index contributed by atoms with van der Waals surface area (Å²) in [5.74, 6) is -0.454. The second kappa shape index (κ2) is 8.34. The maximum atomic E-state index is 12.4. The maximum Gasteiger partial charge on any atom is 0.338 e. The monoisotopic (exact) mass is 475 g/mol. The molecule has 0 aliphatic carbocycles. The molecular formula is C24H17N3O4S2. The highest BCUT2D eigenvalue weighted by molar-refractivity contribution is 7.90. The Morgan fingerprint density at radius 2 is 1.73 bits per heavy atom. The van der Waals surface area contributed by atoms with Crippen LogP contribution in [0.1, 0.15) is 16.1 Å². The van der Waals surface area contributed by atoms with E-state index in [1.807, 2.05) is 36.4 Å². The minimum absolute atomic E-state index is 0.0462. The molecule has 0 saturated heterocycles. The second-order valence-corrected chi connectivity index (χ2v) is 10.4. The predicted octanol–water partition coefficient (Wildman–Crippen LogP) is 4.67. The smallest absolute Gasteiger partial charge is 0.338 e. The van der Waals surface area contributed by atoms with Gasteiger partial charge in [-0.25, -0.2) is 28.2 Å². The molecule has 0 aliphatic rings. The number of sulfone groups is 1. The van der Waals surface area contributed by atoms with Gasteiger partial charge < -0.3 is 4.74 Å². The van der Waals surface area contributed by atoms with Crippen LogP contribution in [0, 0.1) is 0 Å². The molecular weight excluding hydrogens is 458 g/mol. The van der Waals surface area contributed by atoms with E-state index >= 15 is 0 Å². The summed E-state index contributed by atoms with van der Waals surface area (Å²) in [6.45, 7) is -0.0462. The molecule has 0 unspecified atom stereocenters. The van der Waals surface area contributed by atoms with Crippen molar-refractivity contribution < 1.29 is 17.9 Å². The molecule has 9 heteroatoms. The average molecular weight is 476 g/mol. The van der Waals surface area contributed by atoms with E-state index in [9.17, 15) is 13.2 Å². The van der Waals surface area contributed by atoms with E-state index < -0.39 is 15.8 Å². The highest BCUT2D eigenvalue weighted by Crippen LogP contribution is 2.36. The Hall–Kier alpha value is -3.69. The van der Waals surface area contributed by atoms with Crippen LogP contribution < -0.4 is 0 Å². The number of thiophene rings is 1. The number of benzene rings is 2. The van der Waals surface area contributed by atoms with Crippen molar-refractivity contribution >= 4 is 48.1 Å². The van der Waals surface area contributed by atoms with Crippen LogP contribution in [-0.2, 0) is 21.2 Å². The lowest BCUT2D eigenvalue weighted by atomic mass is 10.1. The van der Waals surface area contributed by atoms with Crippen molar-refractivity contribution in [1.29, 1.82) is 0 Å². The first-order valence-corrected chi connectivity index (χ1v) is 12.7. The van der Waals surface area contributed by atoms with Gasteiger partial charge in [-0.1, -0.05) is 36.4 Å². The Morgan fingerprint density at radius 3 is 2.48 bits per heavy atom. The van der Waals surface area contributed by atoms with E-state index in [0.29, 0.717) is 27.9 Å². The highest BCUT2D eigenvalue weighted by Gasteiger charge is 2.18. The minimum Gasteiger partial charge on any atom is -0.456 e. The summed E-state index contributed by atoms with van der Waals surface area (Å²) in [5, 5.41) is 1.39. The van der Waals surface area contributed by atoms with E-state index in [1.54, 1.807) is 30.3 Å². The molecule has 0 aliphatic heterocycles. The molecule has 3 aromatic heterocycles. The molecule has 0 bridgehead atoms. The van der Waals surface area contributed by atoms with Crippen LogP contribution in [0.3, 0.4) is 0 Å². The summed E-state index contributed by atoms with van der Waals surface area (Å²) >= 11 is 1.53. The van der Waals surface area contributed by atoms with E-state index in [-0.39, 0.29) is 11.8 Å². The molecule has 0 radical (unpaired) electrons. The van der Waals surface area contributed by atoms with Gasteiger partial charge in [0.2, 0.25) is 15.0 Å². The second-order valence-electron chi connectivity index (χ2n) is 7.42. The van der Waals surface area contributed by atoms with Crippen LogP contribution in [0.25, 0.3) is 31.6 Å². The largest absolute Gasteiger partial charge is 0.456 e. The average Bonchev–Trinajstić information content (AvgIpc) is 3.26. The Bertz CT molecular complexity index is 1580. The lowest BCUT2D eigenvalue weighted by Gasteiger charge is -2.09. The number of rotatable bonds is 5. The number of esters is 1. The van der Waals surface area contributed by atoms with Gasteiger partial charge in [-0.15, -0.1) is 11.3 Å². The van der Waals surface area contributed by atoms with Gasteiger partial charge in [-0.2, -0.15) is 0 Å². The molecule has 0 fully saturated rings. The number of carbonyl (C=O) groups is 1. The fourth-order valence-corrected chi connectivity index (χ4v) is 4.95. The van der Waals surface area contributed by atoms with Gasteiger partial charge in [0.1, 0.15) is 17.8 Å². The summed E-state index contributed by atoms with van der Waals surface area (Å²) in [7, 11) is -3.60. The third kappa shape index (κ3) is 4.33. The lowest BCUT2D eigenvalue weighted by molar-refractivity contribution is 0.0468. The van der Waals surface area contributed by atoms with Crippen molar-refractivity contribution in [1.82, 2.24) is 15.0 Å². The maximum absolute atomic E-state index is 12.4. The minimum atomic E-state index is -3.60. The molecule has 0 spiro atoms. The highest BCUT2D eigenvalue weighted by atomic mass is 32.2. The number of carbonyl (C=O) groups excluding carboxylic acids is 1. The van der Waals surface area contributed by atoms with Gasteiger partial charge in [0.15, 0.2) is 0 Å². The first-order chi connectivity index (χ1) is 15.9. The quantitative estimate of drug-likeness (QED) is 0.269. The molecule has 0 saturated carbocycles. The van der Waals surface area contributed by atoms with Gasteiger partial charge in [-0.05, 0) is 35.7 Å². The molecule has 7 nitrogen and oxygen atoms in total. The molecule has 2 aromatic carbocycles. The zero-order chi connectivity index (χ0) is 23.0. The van der Waals surface area contributed by atoms with Crippen molar-refractivity contribution in [2.75, 3.05) is 6.26 Å². The molecule has 0 atom stereocenters. The fourth-order valence-electron chi connectivity index (χ4n) is 3.40. The van der Waals surface area contributed by atoms with Crippen molar-refractivity contribution in [2.45, 2.75) is 11.8 Å². The third-order valence-corrected chi connectivity index (χ3v) is 6.93. The third-order valence-electron chi connectivity index (χ3n) is 4.95. The number of fused-ring (bicyclic) bond motifs is 2. The van der Waals surface area contributed by atoms with E-state index in [0.717, 1.165) is 21.2 Å². The van der Waals surface area contributed by atoms with Crippen LogP contribution >= 0.6 is 11.3 Å². The van der Waals surface area contributed by atoms with Gasteiger partial charge in [-0.3, -0.25) is 0 Å². The summed E-state index contributed by atoms with van der Waals surface area (Å²) < 4.78 is 30.6. The van der Waals surface area contributed by atoms with Crippen molar-refractivity contribution in [3.8, 4) is 10.6 Å². The van der Waals surface area contributed by atoms with Crippen LogP contribution in [0.5, 0.6) is 0 Å². The van der Waals surface area contributed by atoms with E-state index in [1.165, 1.54) is 17.5 Å². The number of nitrogens with zero attached hydrogens (tertiary/aromatic N) is 3. The number of hydrogen-bond donors (Lipinski definition) is 0. The standard InChI is InChI=1S/C24H17N3O4S2/c1-33(29,30)24-25-13-17-11-18(14-31-23(28)15-7-3-2-4-8-15)26-22(21(17)27-24)20-12-16-9-5-6-10-19(16)32-20/h2-13H,14H2,1H3. The number of ether oxygens (including phenoxy) is 1. The van der Waals surface area contributed by atoms with Crippen LogP contribution in [0.2, 0.25) is 0 Å². The van der Waals surface area contributed by atoms with E-state index in [2.05, 4.69) is 9.97 Å². The summed E-state index contributed by atoms with van der Waals surface area (Å²) in [6.07, 6.45) is 2.53. The van der Waals surface area contributed by atoms with Crippen LogP contribution in [0.15, 0.2) is 78.1 Å². The summed E-state index contributed by atoms with van der Waals surface area (Å²) in [4.78, 5) is 26.2. The van der Waals surface area contributed by atoms with Gasteiger partial charge in [0.05, 0.1) is 16.1 Å². The number of hydrogen-bond acceptors (Lipinski definition) is 8. The predicted molar refractivity (Wildman–Crippen MR) is 127 cm³/mol. The Morgan fingerprint density at radius 1 is 0.970 bits per heavy atom. The first-order valence-electron chi connectivity index (χ1n) is 9.96. The van der Waals surface area contributed by atoms with Crippen LogP contribution in [0.4, 0.5) is 0 Å². The van der Waals surface area contributed by atoms with Gasteiger partial charge in [0.25, 0.3) is 0 Å². The molecule has 3 heterocycles. The van der Waals surface area contributed by atoms with Crippen LogP contribution in [-0.4, -0.2) is 35.6 Å². The zero-order valence-electron chi connectivity index (χ0n) is 17.4. The normalized spacial score (nSPS) is 11.7. The van der Waals surface area contributed by atoms with Crippen molar-refractivity contribution in [3.05, 3.63) is 84.2 Å². The summed E-state index contributed by atoms with van der Waals surface area (Å²) in [5.41, 5.74) is 1.90. The Balaban J connectivity index is 1.60. The zero-order valence-corrected chi connectivity index (χ0v) is 19.1. The molecule has 0 N–H and O–H groups in total. The SMILES string of the molecule is CS(=O)(=O)c1ncc2cc(COC(=O)c3ccccc3)nc(-c3cc4ccccc4s3)c2n1. The van der Waals surface area contributed by atoms with Crippen molar-refractivity contribution in [2.24, 2.45) is 0 Å². The Kier molecular flexibility index (Phi) is 5.35.